The molecule has 0 atom stereocenters. The average Bonchev–Trinajstić information content (AvgIpc) is 3.40. The minimum Gasteiger partial charge on any atom is -0.371 e. The lowest BCUT2D eigenvalue weighted by Gasteiger charge is -2.17. The van der Waals surface area contributed by atoms with E-state index in [-0.39, 0.29) is 5.56 Å². The summed E-state index contributed by atoms with van der Waals surface area (Å²) in [6.45, 7) is 2.10. The van der Waals surface area contributed by atoms with Crippen LogP contribution in [0.5, 0.6) is 0 Å². The summed E-state index contributed by atoms with van der Waals surface area (Å²) >= 11 is 0. The maximum atomic E-state index is 12.4. The third-order valence-corrected chi connectivity index (χ3v) is 5.07. The molecule has 2 N–H and O–H groups in total. The molecule has 2 aliphatic rings. The van der Waals surface area contributed by atoms with Crippen LogP contribution in [-0.2, 0) is 0 Å². The monoisotopic (exact) mass is 372 g/mol. The zero-order valence-corrected chi connectivity index (χ0v) is 15.3. The van der Waals surface area contributed by atoms with Gasteiger partial charge in [0.2, 0.25) is 0 Å². The minimum absolute atomic E-state index is 0.290. The Bertz CT molecular complexity index is 1120. The summed E-state index contributed by atoms with van der Waals surface area (Å²) < 4.78 is 0. The van der Waals surface area contributed by atoms with Crippen LogP contribution in [-0.4, -0.2) is 23.1 Å². The summed E-state index contributed by atoms with van der Waals surface area (Å²) in [6.07, 6.45) is 6.10. The lowest BCUT2D eigenvalue weighted by Crippen LogP contribution is -2.35. The number of fused-ring (bicyclic) bond motifs is 1. The van der Waals surface area contributed by atoms with E-state index in [2.05, 4.69) is 26.9 Å². The first-order chi connectivity index (χ1) is 13.8. The highest BCUT2D eigenvalue weighted by Gasteiger charge is 2.14. The Morgan fingerprint density at radius 1 is 0.893 bits per heavy atom. The van der Waals surface area contributed by atoms with E-state index in [9.17, 15) is 4.79 Å². The maximum absolute atomic E-state index is 12.4. The number of nitrogens with zero attached hydrogens (tertiary/aromatic N) is 4. The van der Waals surface area contributed by atoms with E-state index >= 15 is 0 Å². The maximum Gasteiger partial charge on any atom is 0.272 e. The largest absolute Gasteiger partial charge is 0.371 e. The molecule has 1 fully saturated rings. The lowest BCUT2D eigenvalue weighted by atomic mass is 10.1. The molecule has 1 saturated heterocycles. The SMILES string of the molecule is O=c1cc(-c2cccc(N3C=CNN3)c2)nc2ccc(N3CCCC3)cc2n1. The van der Waals surface area contributed by atoms with Crippen molar-refractivity contribution >= 4 is 22.4 Å². The van der Waals surface area contributed by atoms with Gasteiger partial charge in [0.15, 0.2) is 0 Å². The Labute approximate surface area is 162 Å². The van der Waals surface area contributed by atoms with Crippen molar-refractivity contribution in [3.05, 3.63) is 71.3 Å². The van der Waals surface area contributed by atoms with Crippen LogP contribution in [0.25, 0.3) is 22.3 Å². The zero-order valence-electron chi connectivity index (χ0n) is 15.3. The van der Waals surface area contributed by atoms with Gasteiger partial charge in [-0.25, -0.2) is 9.97 Å². The summed E-state index contributed by atoms with van der Waals surface area (Å²) in [5.74, 6) is 0. The van der Waals surface area contributed by atoms with Crippen molar-refractivity contribution in [3.8, 4) is 11.3 Å². The molecule has 0 radical (unpaired) electrons. The van der Waals surface area contributed by atoms with E-state index < -0.39 is 0 Å². The molecule has 0 amide bonds. The molecule has 5 rings (SSSR count). The summed E-state index contributed by atoms with van der Waals surface area (Å²) in [7, 11) is 0. The highest BCUT2D eigenvalue weighted by atomic mass is 16.1. The van der Waals surface area contributed by atoms with E-state index in [0.717, 1.165) is 30.0 Å². The number of hydrazine groups is 2. The van der Waals surface area contributed by atoms with E-state index in [4.69, 9.17) is 4.98 Å². The van der Waals surface area contributed by atoms with Crippen LogP contribution < -0.4 is 26.4 Å². The quantitative estimate of drug-likeness (QED) is 0.732. The first-order valence-electron chi connectivity index (χ1n) is 9.42. The molecule has 0 saturated carbocycles. The molecule has 28 heavy (non-hydrogen) atoms. The standard InChI is InChI=1S/C21H20N6O/c28-21-14-19(15-4-3-5-17(12-15)27-11-8-22-25-27)23-18-7-6-16(13-20(18)24-21)26-9-1-2-10-26/h3-8,11-14,22,25H,1-2,9-10H2. The Hall–Kier alpha value is -3.45. The van der Waals surface area contributed by atoms with Gasteiger partial charge in [0, 0.05) is 42.8 Å². The Kier molecular flexibility index (Phi) is 4.14. The number of rotatable bonds is 3. The topological polar surface area (TPSA) is 73.4 Å². The molecule has 2 aromatic carbocycles. The van der Waals surface area contributed by atoms with Crippen LogP contribution in [0.3, 0.4) is 0 Å². The van der Waals surface area contributed by atoms with Crippen LogP contribution in [0, 0.1) is 0 Å². The van der Waals surface area contributed by atoms with Gasteiger partial charge in [-0.15, -0.1) is 5.53 Å². The summed E-state index contributed by atoms with van der Waals surface area (Å²) in [5, 5.41) is 1.85. The molecule has 7 heteroatoms. The second kappa shape index (κ2) is 6.94. The predicted molar refractivity (Wildman–Crippen MR) is 111 cm³/mol. The normalized spacial score (nSPS) is 16.0. The van der Waals surface area contributed by atoms with Gasteiger partial charge in [-0.1, -0.05) is 12.1 Å². The Morgan fingerprint density at radius 3 is 2.61 bits per heavy atom. The second-order valence-electron chi connectivity index (χ2n) is 6.95. The predicted octanol–water partition coefficient (Wildman–Crippen LogP) is 2.56. The third-order valence-electron chi connectivity index (χ3n) is 5.07. The molecule has 2 aliphatic heterocycles. The minimum atomic E-state index is -0.290. The Morgan fingerprint density at radius 2 is 1.79 bits per heavy atom. The summed E-state index contributed by atoms with van der Waals surface area (Å²) in [6, 6.07) is 15.3. The van der Waals surface area contributed by atoms with Gasteiger partial charge in [-0.2, -0.15) is 0 Å². The van der Waals surface area contributed by atoms with Crippen molar-refractivity contribution < 1.29 is 0 Å². The average molecular weight is 372 g/mol. The number of benzene rings is 2. The van der Waals surface area contributed by atoms with E-state index in [1.807, 2.05) is 47.6 Å². The number of hydrogen-bond acceptors (Lipinski definition) is 7. The highest BCUT2D eigenvalue weighted by molar-refractivity contribution is 5.80. The van der Waals surface area contributed by atoms with Crippen molar-refractivity contribution in [2.45, 2.75) is 12.8 Å². The van der Waals surface area contributed by atoms with Crippen LogP contribution >= 0.6 is 0 Å². The van der Waals surface area contributed by atoms with E-state index in [1.165, 1.54) is 18.9 Å². The van der Waals surface area contributed by atoms with E-state index in [1.54, 1.807) is 6.20 Å². The van der Waals surface area contributed by atoms with Gasteiger partial charge >= 0.3 is 0 Å². The third kappa shape index (κ3) is 3.16. The van der Waals surface area contributed by atoms with Gasteiger partial charge in [-0.05, 0) is 43.2 Å². The zero-order chi connectivity index (χ0) is 18.9. The van der Waals surface area contributed by atoms with Gasteiger partial charge in [0.25, 0.3) is 5.56 Å². The number of aromatic nitrogens is 2. The Balaban J connectivity index is 1.58. The van der Waals surface area contributed by atoms with Crippen molar-refractivity contribution in [2.24, 2.45) is 0 Å². The molecular weight excluding hydrogens is 352 g/mol. The summed E-state index contributed by atoms with van der Waals surface area (Å²) in [5.41, 5.74) is 10.5. The van der Waals surface area contributed by atoms with Crippen LogP contribution in [0.15, 0.2) is 65.7 Å². The van der Waals surface area contributed by atoms with Crippen LogP contribution in [0.4, 0.5) is 11.4 Å². The van der Waals surface area contributed by atoms with Gasteiger partial charge in [0.1, 0.15) is 0 Å². The number of hydrogen-bond donors (Lipinski definition) is 2. The molecular formula is C21H20N6O. The summed E-state index contributed by atoms with van der Waals surface area (Å²) in [4.78, 5) is 23.8. The van der Waals surface area contributed by atoms with E-state index in [0.29, 0.717) is 16.7 Å². The molecule has 140 valence electrons. The number of anilines is 2. The number of nitrogens with one attached hydrogen (secondary N) is 2. The van der Waals surface area contributed by atoms with Crippen molar-refractivity contribution in [2.75, 3.05) is 23.0 Å². The van der Waals surface area contributed by atoms with Crippen molar-refractivity contribution in [1.82, 2.24) is 20.9 Å². The smallest absolute Gasteiger partial charge is 0.272 e. The second-order valence-corrected chi connectivity index (χ2v) is 6.95. The molecule has 0 aliphatic carbocycles. The first-order valence-corrected chi connectivity index (χ1v) is 9.42. The molecule has 0 bridgehead atoms. The van der Waals surface area contributed by atoms with Crippen LogP contribution in [0.1, 0.15) is 12.8 Å². The fourth-order valence-electron chi connectivity index (χ4n) is 3.67. The molecule has 0 unspecified atom stereocenters. The van der Waals surface area contributed by atoms with Gasteiger partial charge in [0.05, 0.1) is 22.4 Å². The fourth-order valence-corrected chi connectivity index (χ4v) is 3.67. The molecule has 0 spiro atoms. The van der Waals surface area contributed by atoms with Crippen LogP contribution in [0.2, 0.25) is 0 Å². The molecule has 1 aromatic heterocycles. The molecule has 3 heterocycles. The lowest BCUT2D eigenvalue weighted by molar-refractivity contribution is 0.680. The van der Waals surface area contributed by atoms with Crippen molar-refractivity contribution in [1.29, 1.82) is 0 Å². The fraction of sp³-hybridized carbons (Fsp3) is 0.190. The van der Waals surface area contributed by atoms with Gasteiger partial charge < -0.3 is 10.3 Å². The van der Waals surface area contributed by atoms with Crippen molar-refractivity contribution in [3.63, 3.8) is 0 Å². The highest BCUT2D eigenvalue weighted by Crippen LogP contribution is 2.26. The van der Waals surface area contributed by atoms with Gasteiger partial charge in [-0.3, -0.25) is 9.80 Å². The molecule has 3 aromatic rings. The molecule has 7 nitrogen and oxygen atoms in total. The first kappa shape index (κ1) is 16.7.